The SMILES string of the molecule is Cc1c(C)c(C[N+]23CC[N+](CCCCCCCCCCCS)(CC2)CC3)c(C)c(C)c1C[N+]12CC[N+](CCCCCCCCCCCS)(CC1)CC2. The molecule has 298 valence electrons. The average Bonchev–Trinajstić information content (AvgIpc) is 3.17. The Morgan fingerprint density at radius 1 is 0.308 bits per heavy atom. The molecule has 0 radical (unpaired) electrons. The minimum absolute atomic E-state index is 1.06. The molecule has 0 aromatic heterocycles. The number of hydrogen-bond donors (Lipinski definition) is 2. The largest absolute Gasteiger partial charge is 0.310 e. The number of fused-ring (bicyclic) bond motifs is 6. The third-order valence-corrected chi connectivity index (χ3v) is 16.4. The van der Waals surface area contributed by atoms with Crippen molar-refractivity contribution >= 4 is 25.3 Å². The summed E-state index contributed by atoms with van der Waals surface area (Å²) < 4.78 is 5.61. The number of quaternary nitrogens is 4. The topological polar surface area (TPSA) is 0 Å². The van der Waals surface area contributed by atoms with Crippen molar-refractivity contribution in [2.75, 3.05) is 103 Å². The number of hydrogen-bond acceptors (Lipinski definition) is 2. The van der Waals surface area contributed by atoms with Crippen molar-refractivity contribution in [2.45, 2.75) is 156 Å². The molecule has 6 heterocycles. The molecule has 7 rings (SSSR count). The highest BCUT2D eigenvalue weighted by atomic mass is 32.1. The fourth-order valence-electron chi connectivity index (χ4n) is 11.2. The molecule has 1 aromatic rings. The predicted molar refractivity (Wildman–Crippen MR) is 233 cm³/mol. The van der Waals surface area contributed by atoms with Crippen molar-refractivity contribution in [3.63, 3.8) is 0 Å². The van der Waals surface area contributed by atoms with E-state index in [9.17, 15) is 0 Å². The number of unbranched alkanes of at least 4 members (excludes halogenated alkanes) is 16. The van der Waals surface area contributed by atoms with E-state index in [4.69, 9.17) is 0 Å². The summed E-state index contributed by atoms with van der Waals surface area (Å²) in [6.45, 7) is 32.4. The van der Waals surface area contributed by atoms with Crippen molar-refractivity contribution in [2.24, 2.45) is 0 Å². The fraction of sp³-hybridized carbons (Fsp3) is 0.870. The summed E-state index contributed by atoms with van der Waals surface area (Å²) in [6.07, 6.45) is 25.6. The van der Waals surface area contributed by atoms with Crippen molar-refractivity contribution in [1.82, 2.24) is 0 Å². The van der Waals surface area contributed by atoms with Crippen LogP contribution < -0.4 is 0 Å². The van der Waals surface area contributed by atoms with Gasteiger partial charge < -0.3 is 17.9 Å². The highest BCUT2D eigenvalue weighted by molar-refractivity contribution is 7.80. The minimum Gasteiger partial charge on any atom is -0.310 e. The highest BCUT2D eigenvalue weighted by Crippen LogP contribution is 2.37. The van der Waals surface area contributed by atoms with Crippen LogP contribution in [0.15, 0.2) is 0 Å². The molecule has 0 aliphatic carbocycles. The van der Waals surface area contributed by atoms with Crippen LogP contribution in [0.25, 0.3) is 0 Å². The first kappa shape index (κ1) is 42.9. The van der Waals surface area contributed by atoms with Crippen LogP contribution >= 0.6 is 25.3 Å². The Hall–Kier alpha value is -0.240. The van der Waals surface area contributed by atoms with Gasteiger partial charge in [-0.3, -0.25) is 0 Å². The summed E-state index contributed by atoms with van der Waals surface area (Å²) >= 11 is 8.70. The van der Waals surface area contributed by atoms with Gasteiger partial charge in [0, 0.05) is 11.1 Å². The van der Waals surface area contributed by atoms with Crippen LogP contribution in [-0.4, -0.2) is 121 Å². The Morgan fingerprint density at radius 2 is 0.519 bits per heavy atom. The summed E-state index contributed by atoms with van der Waals surface area (Å²) in [6, 6.07) is 0. The van der Waals surface area contributed by atoms with Gasteiger partial charge in [0.15, 0.2) is 0 Å². The van der Waals surface area contributed by atoms with Crippen LogP contribution in [-0.2, 0) is 13.1 Å². The molecular weight excluding hydrogens is 673 g/mol. The van der Waals surface area contributed by atoms with Crippen molar-refractivity contribution in [3.05, 3.63) is 33.4 Å². The normalized spacial score (nSPS) is 28.3. The number of benzene rings is 1. The summed E-state index contributed by atoms with van der Waals surface area (Å²) in [5.74, 6) is 2.12. The third-order valence-electron chi connectivity index (χ3n) is 15.8. The molecule has 6 fully saturated rings. The smallest absolute Gasteiger partial charge is 0.129 e. The second-order valence-electron chi connectivity index (χ2n) is 19.1. The number of piperazine rings is 6. The summed E-state index contributed by atoms with van der Waals surface area (Å²) in [5, 5.41) is 0. The number of nitrogens with zero attached hydrogens (tertiary/aromatic N) is 4. The lowest BCUT2D eigenvalue weighted by Gasteiger charge is -2.56. The fourth-order valence-corrected chi connectivity index (χ4v) is 11.7. The van der Waals surface area contributed by atoms with E-state index in [0.29, 0.717) is 0 Å². The van der Waals surface area contributed by atoms with E-state index < -0.39 is 0 Å². The zero-order chi connectivity index (χ0) is 36.9. The maximum atomic E-state index is 4.35. The molecule has 52 heavy (non-hydrogen) atoms. The standard InChI is InChI=1S/C46H84N4S2/c1-41-42(2)46(40-50-34-28-48(29-35-50,30-36-50)24-20-16-12-8-6-10-14-18-22-38-52)44(4)43(3)45(41)39-49-31-25-47(26-32-49,27-33-49)23-19-15-11-7-5-9-13-17-21-37-51/h5-40H2,1-4H3/q+2/p+2. The van der Waals surface area contributed by atoms with E-state index in [1.807, 2.05) is 0 Å². The molecule has 4 nitrogen and oxygen atoms in total. The van der Waals surface area contributed by atoms with Gasteiger partial charge in [-0.05, 0) is 100.0 Å². The van der Waals surface area contributed by atoms with Gasteiger partial charge in [0.2, 0.25) is 0 Å². The van der Waals surface area contributed by atoms with E-state index in [-0.39, 0.29) is 0 Å². The Labute approximate surface area is 334 Å². The first-order valence-electron chi connectivity index (χ1n) is 22.9. The Balaban J connectivity index is 1.05. The van der Waals surface area contributed by atoms with Gasteiger partial charge in [0.25, 0.3) is 0 Å². The summed E-state index contributed by atoms with van der Waals surface area (Å²) in [5.41, 5.74) is 9.98. The van der Waals surface area contributed by atoms with Crippen LogP contribution in [0.5, 0.6) is 0 Å². The van der Waals surface area contributed by atoms with Gasteiger partial charge in [-0.2, -0.15) is 25.3 Å². The first-order valence-corrected chi connectivity index (χ1v) is 24.2. The maximum Gasteiger partial charge on any atom is 0.129 e. The first-order chi connectivity index (χ1) is 25.2. The van der Waals surface area contributed by atoms with E-state index in [1.54, 1.807) is 33.4 Å². The quantitative estimate of drug-likeness (QED) is 0.0525. The van der Waals surface area contributed by atoms with Crippen molar-refractivity contribution < 1.29 is 17.9 Å². The molecule has 6 aliphatic heterocycles. The highest BCUT2D eigenvalue weighted by Gasteiger charge is 2.50. The van der Waals surface area contributed by atoms with Crippen LogP contribution in [0.2, 0.25) is 0 Å². The lowest BCUT2D eigenvalue weighted by Crippen LogP contribution is -2.74. The molecule has 0 spiro atoms. The van der Waals surface area contributed by atoms with Crippen molar-refractivity contribution in [3.8, 4) is 0 Å². The second kappa shape index (κ2) is 20.8. The van der Waals surface area contributed by atoms with Crippen molar-refractivity contribution in [1.29, 1.82) is 0 Å². The molecule has 0 N–H and O–H groups in total. The van der Waals surface area contributed by atoms with Crippen LogP contribution in [0.3, 0.4) is 0 Å². The zero-order valence-corrected chi connectivity index (χ0v) is 36.9. The van der Waals surface area contributed by atoms with Gasteiger partial charge >= 0.3 is 0 Å². The Bertz CT molecular complexity index is 1060. The molecule has 6 heteroatoms. The lowest BCUT2D eigenvalue weighted by molar-refractivity contribution is -1.09. The van der Waals surface area contributed by atoms with E-state index >= 15 is 0 Å². The Morgan fingerprint density at radius 3 is 0.769 bits per heavy atom. The van der Waals surface area contributed by atoms with Gasteiger partial charge in [0.1, 0.15) is 91.6 Å². The molecule has 6 saturated heterocycles. The van der Waals surface area contributed by atoms with E-state index in [1.165, 1.54) is 238 Å². The lowest BCUT2D eigenvalue weighted by atomic mass is 9.86. The second-order valence-corrected chi connectivity index (χ2v) is 20.0. The molecule has 6 aliphatic rings. The molecule has 1 aromatic carbocycles. The molecule has 4 bridgehead atoms. The van der Waals surface area contributed by atoms with Gasteiger partial charge in [-0.1, -0.05) is 77.0 Å². The van der Waals surface area contributed by atoms with Crippen LogP contribution in [0, 0.1) is 27.7 Å². The van der Waals surface area contributed by atoms with Gasteiger partial charge in [0.05, 0.1) is 13.1 Å². The zero-order valence-electron chi connectivity index (χ0n) is 35.1. The predicted octanol–water partition coefficient (Wildman–Crippen LogP) is 10.1. The minimum atomic E-state index is 1.06. The monoisotopic (exact) mass is 759 g/mol. The molecule has 0 unspecified atom stereocenters. The van der Waals surface area contributed by atoms with Crippen LogP contribution in [0.4, 0.5) is 0 Å². The molecule has 0 atom stereocenters. The van der Waals surface area contributed by atoms with E-state index in [2.05, 4.69) is 53.0 Å². The number of rotatable bonds is 26. The third kappa shape index (κ3) is 11.4. The summed E-state index contributed by atoms with van der Waals surface area (Å²) in [4.78, 5) is 0. The van der Waals surface area contributed by atoms with Gasteiger partial charge in [-0.15, -0.1) is 0 Å². The average molecular weight is 759 g/mol. The number of thiol groups is 2. The molecule has 0 amide bonds. The molecular formula is C46H86N4S2+4. The maximum absolute atomic E-state index is 4.35. The van der Waals surface area contributed by atoms with Crippen LogP contribution in [0.1, 0.15) is 149 Å². The van der Waals surface area contributed by atoms with Gasteiger partial charge in [-0.25, -0.2) is 0 Å². The van der Waals surface area contributed by atoms with E-state index in [0.717, 1.165) is 11.5 Å². The molecule has 0 saturated carbocycles. The Kier molecular flexibility index (Phi) is 17.1. The summed E-state index contributed by atoms with van der Waals surface area (Å²) in [7, 11) is 0.